The fourth-order valence-corrected chi connectivity index (χ4v) is 3.16. The maximum atomic E-state index is 12.6. The molecule has 0 radical (unpaired) electrons. The van der Waals surface area contributed by atoms with Gasteiger partial charge < -0.3 is 4.74 Å². The SMILES string of the molecule is O=C1C(=Cc2ccccc2OCc2ccc(Cl)cc2)C(=O)c2ccccc21. The van der Waals surface area contributed by atoms with E-state index in [2.05, 4.69) is 0 Å². The molecule has 0 aliphatic heterocycles. The number of fused-ring (bicyclic) bond motifs is 1. The molecule has 0 spiro atoms. The molecule has 0 atom stereocenters. The van der Waals surface area contributed by atoms with Gasteiger partial charge in [-0.15, -0.1) is 0 Å². The topological polar surface area (TPSA) is 43.4 Å². The van der Waals surface area contributed by atoms with Gasteiger partial charge in [0.2, 0.25) is 0 Å². The van der Waals surface area contributed by atoms with Crippen LogP contribution in [0.15, 0.2) is 78.4 Å². The summed E-state index contributed by atoms with van der Waals surface area (Å²) in [6.07, 6.45) is 1.61. The minimum absolute atomic E-state index is 0.166. The van der Waals surface area contributed by atoms with Crippen molar-refractivity contribution in [3.63, 3.8) is 0 Å². The monoisotopic (exact) mass is 374 g/mol. The number of benzene rings is 3. The number of halogens is 1. The molecule has 0 N–H and O–H groups in total. The van der Waals surface area contributed by atoms with Crippen LogP contribution in [-0.2, 0) is 6.61 Å². The van der Waals surface area contributed by atoms with Crippen molar-refractivity contribution >= 4 is 29.2 Å². The number of Topliss-reactive ketones (excluding diaryl/α,β-unsaturated/α-hetero) is 2. The smallest absolute Gasteiger partial charge is 0.197 e. The highest BCUT2D eigenvalue weighted by Gasteiger charge is 2.32. The van der Waals surface area contributed by atoms with E-state index in [1.54, 1.807) is 42.5 Å². The maximum absolute atomic E-state index is 12.6. The number of carbonyl (C=O) groups is 2. The van der Waals surface area contributed by atoms with Gasteiger partial charge in [-0.2, -0.15) is 0 Å². The highest BCUT2D eigenvalue weighted by molar-refractivity contribution is 6.41. The second-order valence-electron chi connectivity index (χ2n) is 6.21. The van der Waals surface area contributed by atoms with Gasteiger partial charge in [0.1, 0.15) is 12.4 Å². The third-order valence-corrected chi connectivity index (χ3v) is 4.68. The first-order valence-corrected chi connectivity index (χ1v) is 8.87. The van der Waals surface area contributed by atoms with E-state index >= 15 is 0 Å². The van der Waals surface area contributed by atoms with Gasteiger partial charge in [0.25, 0.3) is 0 Å². The van der Waals surface area contributed by atoms with Crippen molar-refractivity contribution in [3.05, 3.63) is 106 Å². The van der Waals surface area contributed by atoms with Crippen LogP contribution in [0.5, 0.6) is 5.75 Å². The summed E-state index contributed by atoms with van der Waals surface area (Å²) >= 11 is 5.90. The molecule has 0 aromatic heterocycles. The van der Waals surface area contributed by atoms with E-state index in [-0.39, 0.29) is 17.1 Å². The lowest BCUT2D eigenvalue weighted by Gasteiger charge is -2.10. The molecule has 0 bridgehead atoms. The predicted molar refractivity (Wildman–Crippen MR) is 105 cm³/mol. The van der Waals surface area contributed by atoms with Crippen LogP contribution >= 0.6 is 11.6 Å². The van der Waals surface area contributed by atoms with Gasteiger partial charge in [0.15, 0.2) is 11.6 Å². The van der Waals surface area contributed by atoms with E-state index in [4.69, 9.17) is 16.3 Å². The number of para-hydroxylation sites is 1. The van der Waals surface area contributed by atoms with Crippen molar-refractivity contribution in [1.29, 1.82) is 0 Å². The summed E-state index contributed by atoms with van der Waals surface area (Å²) in [5.41, 5.74) is 2.73. The summed E-state index contributed by atoms with van der Waals surface area (Å²) in [5, 5.41) is 0.668. The normalized spacial score (nSPS) is 12.9. The molecule has 3 aromatic carbocycles. The molecule has 0 fully saturated rings. The first kappa shape index (κ1) is 17.3. The van der Waals surface area contributed by atoms with Crippen molar-refractivity contribution in [2.75, 3.05) is 0 Å². The van der Waals surface area contributed by atoms with E-state index in [1.165, 1.54) is 0 Å². The molecule has 1 aliphatic carbocycles. The summed E-state index contributed by atoms with van der Waals surface area (Å²) in [7, 11) is 0. The third-order valence-electron chi connectivity index (χ3n) is 4.43. The van der Waals surface area contributed by atoms with E-state index < -0.39 is 0 Å². The molecule has 3 nitrogen and oxygen atoms in total. The van der Waals surface area contributed by atoms with Gasteiger partial charge in [-0.3, -0.25) is 9.59 Å². The Morgan fingerprint density at radius 2 is 1.37 bits per heavy atom. The Bertz CT molecular complexity index is 1030. The molecule has 3 aromatic rings. The van der Waals surface area contributed by atoms with E-state index in [9.17, 15) is 9.59 Å². The van der Waals surface area contributed by atoms with Crippen molar-refractivity contribution in [3.8, 4) is 5.75 Å². The van der Waals surface area contributed by atoms with Crippen molar-refractivity contribution < 1.29 is 14.3 Å². The first-order valence-electron chi connectivity index (χ1n) is 8.50. The lowest BCUT2D eigenvalue weighted by Crippen LogP contribution is -2.01. The molecule has 0 unspecified atom stereocenters. The average molecular weight is 375 g/mol. The fraction of sp³-hybridized carbons (Fsp3) is 0.0435. The summed E-state index contributed by atoms with van der Waals surface area (Å²) < 4.78 is 5.91. The molecule has 132 valence electrons. The van der Waals surface area contributed by atoms with Crippen LogP contribution in [-0.4, -0.2) is 11.6 Å². The minimum atomic E-state index is -0.247. The highest BCUT2D eigenvalue weighted by atomic mass is 35.5. The molecule has 4 heteroatoms. The molecule has 0 heterocycles. The largest absolute Gasteiger partial charge is 0.488 e. The van der Waals surface area contributed by atoms with Crippen LogP contribution in [0.3, 0.4) is 0 Å². The quantitative estimate of drug-likeness (QED) is 0.454. The Balaban J connectivity index is 1.62. The number of hydrogen-bond donors (Lipinski definition) is 0. The fourth-order valence-electron chi connectivity index (χ4n) is 3.03. The summed E-state index contributed by atoms with van der Waals surface area (Å²) in [6, 6.07) is 21.6. The minimum Gasteiger partial charge on any atom is -0.488 e. The van der Waals surface area contributed by atoms with Gasteiger partial charge in [-0.05, 0) is 29.8 Å². The number of ether oxygens (including phenoxy) is 1. The lowest BCUT2D eigenvalue weighted by molar-refractivity contribution is 0.0990. The molecule has 0 saturated heterocycles. The molecule has 0 amide bonds. The molecule has 1 aliphatic rings. The third kappa shape index (κ3) is 3.42. The molecular formula is C23H15ClO3. The van der Waals surface area contributed by atoms with Crippen molar-refractivity contribution in [2.45, 2.75) is 6.61 Å². The standard InChI is InChI=1S/C23H15ClO3/c24-17-11-9-15(10-12-17)14-27-21-8-4-1-5-16(21)13-20-22(25)18-6-2-3-7-19(18)23(20)26/h1-13H,14H2. The van der Waals surface area contributed by atoms with Gasteiger partial charge in [0, 0.05) is 21.7 Å². The first-order chi connectivity index (χ1) is 13.1. The number of carbonyl (C=O) groups excluding carboxylic acids is 2. The number of hydrogen-bond acceptors (Lipinski definition) is 3. The van der Waals surface area contributed by atoms with Crippen LogP contribution in [0.1, 0.15) is 31.8 Å². The second kappa shape index (κ2) is 7.22. The second-order valence-corrected chi connectivity index (χ2v) is 6.65. The molecule has 27 heavy (non-hydrogen) atoms. The highest BCUT2D eigenvalue weighted by Crippen LogP contribution is 2.30. The van der Waals surface area contributed by atoms with Crippen LogP contribution in [0, 0.1) is 0 Å². The molecule has 0 saturated carbocycles. The summed E-state index contributed by atoms with van der Waals surface area (Å²) in [6.45, 7) is 0.361. The Morgan fingerprint density at radius 1 is 0.778 bits per heavy atom. The number of allylic oxidation sites excluding steroid dienone is 1. The van der Waals surface area contributed by atoms with Crippen LogP contribution in [0.4, 0.5) is 0 Å². The van der Waals surface area contributed by atoms with Crippen molar-refractivity contribution in [2.24, 2.45) is 0 Å². The summed E-state index contributed by atoms with van der Waals surface area (Å²) in [5.74, 6) is 0.114. The number of ketones is 2. The van der Waals surface area contributed by atoms with Crippen LogP contribution < -0.4 is 4.74 Å². The predicted octanol–water partition coefficient (Wildman–Crippen LogP) is 5.38. The lowest BCUT2D eigenvalue weighted by atomic mass is 10.1. The Morgan fingerprint density at radius 3 is 2.04 bits per heavy atom. The van der Waals surface area contributed by atoms with Crippen molar-refractivity contribution in [1.82, 2.24) is 0 Å². The van der Waals surface area contributed by atoms with Crippen LogP contribution in [0.2, 0.25) is 5.02 Å². The van der Waals surface area contributed by atoms with Gasteiger partial charge in [-0.25, -0.2) is 0 Å². The zero-order chi connectivity index (χ0) is 18.8. The summed E-state index contributed by atoms with van der Waals surface area (Å²) in [4.78, 5) is 25.2. The average Bonchev–Trinajstić information content (AvgIpc) is 2.94. The molecular weight excluding hydrogens is 360 g/mol. The Hall–Kier alpha value is -3.17. The Kier molecular flexibility index (Phi) is 4.61. The zero-order valence-corrected chi connectivity index (χ0v) is 15.1. The van der Waals surface area contributed by atoms with E-state index in [1.807, 2.05) is 36.4 Å². The zero-order valence-electron chi connectivity index (χ0n) is 14.3. The van der Waals surface area contributed by atoms with Gasteiger partial charge in [0.05, 0.1) is 5.57 Å². The van der Waals surface area contributed by atoms with Crippen LogP contribution in [0.25, 0.3) is 6.08 Å². The number of rotatable bonds is 4. The van der Waals surface area contributed by atoms with Gasteiger partial charge >= 0.3 is 0 Å². The van der Waals surface area contributed by atoms with Gasteiger partial charge in [-0.1, -0.05) is 66.2 Å². The molecule has 4 rings (SSSR count). The van der Waals surface area contributed by atoms with E-state index in [0.29, 0.717) is 34.1 Å². The Labute approximate surface area is 161 Å². The van der Waals surface area contributed by atoms with E-state index in [0.717, 1.165) is 5.56 Å². The maximum Gasteiger partial charge on any atom is 0.197 e.